The highest BCUT2D eigenvalue weighted by molar-refractivity contribution is 5.77. The van der Waals surface area contributed by atoms with Crippen LogP contribution in [0, 0.1) is 0 Å². The Balaban J connectivity index is 2.40. The van der Waals surface area contributed by atoms with Gasteiger partial charge in [-0.3, -0.25) is 0 Å². The van der Waals surface area contributed by atoms with Gasteiger partial charge in [-0.1, -0.05) is 0 Å². The summed E-state index contributed by atoms with van der Waals surface area (Å²) in [6.45, 7) is -0.354. The van der Waals surface area contributed by atoms with Crippen LogP contribution in [0.25, 0.3) is 0 Å². The van der Waals surface area contributed by atoms with Crippen LogP contribution < -0.4 is 0 Å². The zero-order valence-electron chi connectivity index (χ0n) is 5.43. The van der Waals surface area contributed by atoms with Gasteiger partial charge in [0.05, 0.1) is 13.2 Å². The quantitative estimate of drug-likeness (QED) is 0.523. The van der Waals surface area contributed by atoms with Gasteiger partial charge in [-0.25, -0.2) is 9.38 Å². The van der Waals surface area contributed by atoms with Gasteiger partial charge in [0.2, 0.25) is 0 Å². The van der Waals surface area contributed by atoms with E-state index in [4.69, 9.17) is 4.74 Å². The minimum Gasteiger partial charge on any atom is -0.484 e. The molecule has 0 saturated heterocycles. The lowest BCUT2D eigenvalue weighted by Crippen LogP contribution is -2.00. The molecule has 1 aliphatic rings. The molecule has 0 aliphatic carbocycles. The average Bonchev–Trinajstić information content (AvgIpc) is 2.34. The van der Waals surface area contributed by atoms with Crippen molar-refractivity contribution in [1.82, 2.24) is 0 Å². The molecule has 1 atom stereocenters. The number of halogens is 1. The summed E-state index contributed by atoms with van der Waals surface area (Å²) in [5.74, 6) is 0.692. The molecule has 0 saturated carbocycles. The lowest BCUT2D eigenvalue weighted by Gasteiger charge is -1.94. The Morgan fingerprint density at radius 1 is 1.89 bits per heavy atom. The van der Waals surface area contributed by atoms with Crippen LogP contribution in [0.15, 0.2) is 4.99 Å². The second-order valence-corrected chi connectivity index (χ2v) is 2.07. The Labute approximate surface area is 53.7 Å². The number of aliphatic imine (C=N–C) groups is 1. The smallest absolute Gasteiger partial charge is 0.183 e. The molecule has 1 unspecified atom stereocenters. The molecule has 3 heteroatoms. The minimum atomic E-state index is -0.354. The predicted molar refractivity (Wildman–Crippen MR) is 33.4 cm³/mol. The molecular weight excluding hydrogens is 121 g/mol. The van der Waals surface area contributed by atoms with Crippen LogP contribution in [0.5, 0.6) is 0 Å². The summed E-state index contributed by atoms with van der Waals surface area (Å²) >= 11 is 0. The molecule has 9 heavy (non-hydrogen) atoms. The molecule has 0 amide bonds. The second kappa shape index (κ2) is 2.80. The standard InChI is InChI=1S/C6H10FNO/c1-9-6-3-2-5(4-7)8-6/h5H,2-4H2,1H3. The van der Waals surface area contributed by atoms with E-state index in [1.807, 2.05) is 0 Å². The molecule has 1 heterocycles. The lowest BCUT2D eigenvalue weighted by atomic mass is 10.2. The normalized spacial score (nSPS) is 26.0. The third-order valence-corrected chi connectivity index (χ3v) is 1.43. The van der Waals surface area contributed by atoms with E-state index in [0.717, 1.165) is 12.8 Å². The topological polar surface area (TPSA) is 21.6 Å². The number of nitrogens with zero attached hydrogens (tertiary/aromatic N) is 1. The van der Waals surface area contributed by atoms with E-state index in [0.29, 0.717) is 5.90 Å². The van der Waals surface area contributed by atoms with Crippen molar-refractivity contribution >= 4 is 5.90 Å². The number of rotatable bonds is 1. The van der Waals surface area contributed by atoms with E-state index < -0.39 is 0 Å². The van der Waals surface area contributed by atoms with Crippen LogP contribution in [-0.2, 0) is 4.74 Å². The van der Waals surface area contributed by atoms with Crippen molar-refractivity contribution in [3.8, 4) is 0 Å². The summed E-state index contributed by atoms with van der Waals surface area (Å²) in [5, 5.41) is 0. The van der Waals surface area contributed by atoms with Gasteiger partial charge in [0.1, 0.15) is 6.67 Å². The summed E-state index contributed by atoms with van der Waals surface area (Å²) in [4.78, 5) is 3.94. The number of ether oxygens (including phenoxy) is 1. The van der Waals surface area contributed by atoms with Crippen LogP contribution in [0.3, 0.4) is 0 Å². The summed E-state index contributed by atoms with van der Waals surface area (Å²) < 4.78 is 16.7. The molecule has 0 radical (unpaired) electrons. The van der Waals surface area contributed by atoms with E-state index in [2.05, 4.69) is 4.99 Å². The molecule has 0 N–H and O–H groups in total. The summed E-state index contributed by atoms with van der Waals surface area (Å²) in [7, 11) is 1.57. The fraction of sp³-hybridized carbons (Fsp3) is 0.833. The third-order valence-electron chi connectivity index (χ3n) is 1.43. The molecular formula is C6H10FNO. The first kappa shape index (κ1) is 6.52. The highest BCUT2D eigenvalue weighted by Crippen LogP contribution is 2.13. The number of alkyl halides is 1. The van der Waals surface area contributed by atoms with Crippen molar-refractivity contribution in [2.45, 2.75) is 18.9 Å². The van der Waals surface area contributed by atoms with E-state index in [1.54, 1.807) is 7.11 Å². The van der Waals surface area contributed by atoms with E-state index in [1.165, 1.54) is 0 Å². The van der Waals surface area contributed by atoms with E-state index in [9.17, 15) is 4.39 Å². The first-order valence-electron chi connectivity index (χ1n) is 3.03. The van der Waals surface area contributed by atoms with Gasteiger partial charge in [-0.15, -0.1) is 0 Å². The molecule has 2 nitrogen and oxygen atoms in total. The Bertz CT molecular complexity index is 124. The van der Waals surface area contributed by atoms with Crippen LogP contribution >= 0.6 is 0 Å². The maximum absolute atomic E-state index is 11.8. The zero-order valence-corrected chi connectivity index (χ0v) is 5.43. The highest BCUT2D eigenvalue weighted by Gasteiger charge is 2.16. The molecule has 1 rings (SSSR count). The summed E-state index contributed by atoms with van der Waals surface area (Å²) in [5.41, 5.74) is 0. The fourth-order valence-electron chi connectivity index (χ4n) is 0.889. The number of hydrogen-bond donors (Lipinski definition) is 0. The van der Waals surface area contributed by atoms with Crippen LogP contribution in [-0.4, -0.2) is 25.7 Å². The van der Waals surface area contributed by atoms with Gasteiger partial charge in [-0.05, 0) is 6.42 Å². The van der Waals surface area contributed by atoms with Crippen LogP contribution in [0.2, 0.25) is 0 Å². The monoisotopic (exact) mass is 131 g/mol. The molecule has 0 fully saturated rings. The van der Waals surface area contributed by atoms with Gasteiger partial charge in [0.25, 0.3) is 0 Å². The van der Waals surface area contributed by atoms with Gasteiger partial charge >= 0.3 is 0 Å². The predicted octanol–water partition coefficient (Wildman–Crippen LogP) is 1.16. The van der Waals surface area contributed by atoms with Crippen molar-refractivity contribution in [1.29, 1.82) is 0 Å². The average molecular weight is 131 g/mol. The van der Waals surface area contributed by atoms with Crippen molar-refractivity contribution in [2.24, 2.45) is 4.99 Å². The largest absolute Gasteiger partial charge is 0.484 e. The van der Waals surface area contributed by atoms with E-state index in [-0.39, 0.29) is 12.7 Å². The summed E-state index contributed by atoms with van der Waals surface area (Å²) in [6, 6.07) is -0.125. The molecule has 0 spiro atoms. The highest BCUT2D eigenvalue weighted by atomic mass is 19.1. The van der Waals surface area contributed by atoms with Gasteiger partial charge in [0.15, 0.2) is 5.90 Å². The van der Waals surface area contributed by atoms with Gasteiger partial charge in [0, 0.05) is 6.42 Å². The summed E-state index contributed by atoms with van der Waals surface area (Å²) in [6.07, 6.45) is 1.60. The second-order valence-electron chi connectivity index (χ2n) is 2.07. The number of hydrogen-bond acceptors (Lipinski definition) is 2. The van der Waals surface area contributed by atoms with Crippen LogP contribution in [0.1, 0.15) is 12.8 Å². The van der Waals surface area contributed by atoms with Crippen molar-refractivity contribution in [2.75, 3.05) is 13.8 Å². The maximum Gasteiger partial charge on any atom is 0.183 e. The first-order chi connectivity index (χ1) is 4.36. The fourth-order valence-corrected chi connectivity index (χ4v) is 0.889. The number of methoxy groups -OCH3 is 1. The SMILES string of the molecule is COC1=NC(CF)CC1. The van der Waals surface area contributed by atoms with Crippen molar-refractivity contribution in [3.63, 3.8) is 0 Å². The van der Waals surface area contributed by atoms with Crippen LogP contribution in [0.4, 0.5) is 4.39 Å². The van der Waals surface area contributed by atoms with Gasteiger partial charge < -0.3 is 4.74 Å². The van der Waals surface area contributed by atoms with Crippen molar-refractivity contribution < 1.29 is 9.13 Å². The Morgan fingerprint density at radius 3 is 3.00 bits per heavy atom. The zero-order chi connectivity index (χ0) is 6.69. The molecule has 52 valence electrons. The molecule has 0 bridgehead atoms. The molecule has 0 aromatic carbocycles. The molecule has 1 aliphatic heterocycles. The van der Waals surface area contributed by atoms with Gasteiger partial charge in [-0.2, -0.15) is 0 Å². The Morgan fingerprint density at radius 2 is 2.67 bits per heavy atom. The first-order valence-corrected chi connectivity index (χ1v) is 3.03. The molecule has 0 aromatic heterocycles. The lowest BCUT2D eigenvalue weighted by molar-refractivity contribution is 0.394. The molecule has 0 aromatic rings. The minimum absolute atomic E-state index is 0.125. The van der Waals surface area contributed by atoms with Crippen molar-refractivity contribution in [3.05, 3.63) is 0 Å². The Kier molecular flexibility index (Phi) is 2.03. The third kappa shape index (κ3) is 1.40. The van der Waals surface area contributed by atoms with E-state index >= 15 is 0 Å². The Hall–Kier alpha value is -0.600. The maximum atomic E-state index is 11.8.